The Balaban J connectivity index is 1.16. The molecule has 0 amide bonds. The van der Waals surface area contributed by atoms with E-state index >= 15 is 0 Å². The maximum Gasteiger partial charge on any atom is 0.242 e. The molecule has 2 aliphatic heterocycles. The third kappa shape index (κ3) is 4.12. The van der Waals surface area contributed by atoms with Crippen LogP contribution in [0.3, 0.4) is 0 Å². The van der Waals surface area contributed by atoms with Gasteiger partial charge in [-0.15, -0.1) is 5.10 Å². The highest BCUT2D eigenvalue weighted by Gasteiger charge is 2.43. The number of aromatic nitrogens is 5. The van der Waals surface area contributed by atoms with Crippen molar-refractivity contribution >= 4 is 23.4 Å². The van der Waals surface area contributed by atoms with Gasteiger partial charge in [-0.3, -0.25) is 0 Å². The van der Waals surface area contributed by atoms with Crippen LogP contribution >= 0.6 is 11.6 Å². The normalized spacial score (nSPS) is 26.2. The molecule has 4 atom stereocenters. The Kier molecular flexibility index (Phi) is 5.32. The molecule has 1 N–H and O–H groups in total. The number of hydrogen-bond acceptors (Lipinski definition) is 7. The van der Waals surface area contributed by atoms with Crippen LogP contribution in [0.25, 0.3) is 0 Å². The maximum atomic E-state index is 6.24. The maximum absolute atomic E-state index is 6.24. The average Bonchev–Trinajstić information content (AvgIpc) is 3.32. The van der Waals surface area contributed by atoms with Crippen LogP contribution < -0.4 is 15.0 Å². The Labute approximate surface area is 198 Å². The largest absolute Gasteiger partial charge is 0.482 e. The van der Waals surface area contributed by atoms with Gasteiger partial charge in [0, 0.05) is 42.5 Å². The number of aryl methyl sites for hydroxylation is 2. The van der Waals surface area contributed by atoms with Crippen molar-refractivity contribution in [1.82, 2.24) is 24.7 Å². The highest BCUT2D eigenvalue weighted by atomic mass is 35.5. The predicted molar refractivity (Wildman–Crippen MR) is 127 cm³/mol. The van der Waals surface area contributed by atoms with Crippen molar-refractivity contribution in [2.24, 2.45) is 11.8 Å². The Bertz CT molecular complexity index is 1120. The zero-order valence-corrected chi connectivity index (χ0v) is 19.4. The zero-order chi connectivity index (χ0) is 22.4. The molecular weight excluding hydrogens is 438 g/mol. The van der Waals surface area contributed by atoms with Crippen molar-refractivity contribution in [3.8, 4) is 5.75 Å². The number of hydrogen-bond donors (Lipinski definition) is 1. The number of anilines is 2. The highest BCUT2D eigenvalue weighted by Crippen LogP contribution is 2.40. The molecule has 0 spiro atoms. The van der Waals surface area contributed by atoms with Crippen LogP contribution in [0, 0.1) is 18.8 Å². The van der Waals surface area contributed by atoms with Crippen molar-refractivity contribution in [2.45, 2.75) is 51.3 Å². The first kappa shape index (κ1) is 20.7. The molecule has 172 valence electrons. The van der Waals surface area contributed by atoms with Crippen molar-refractivity contribution < 1.29 is 4.74 Å². The minimum atomic E-state index is -0.0949. The zero-order valence-electron chi connectivity index (χ0n) is 18.7. The molecule has 1 saturated carbocycles. The second kappa shape index (κ2) is 8.48. The molecule has 3 aliphatic rings. The molecule has 33 heavy (non-hydrogen) atoms. The first-order valence-corrected chi connectivity index (χ1v) is 12.2. The van der Waals surface area contributed by atoms with Gasteiger partial charge in [-0.25, -0.2) is 14.6 Å². The van der Waals surface area contributed by atoms with Crippen LogP contribution in [-0.2, 0) is 6.54 Å². The molecule has 1 unspecified atom stereocenters. The summed E-state index contributed by atoms with van der Waals surface area (Å²) in [4.78, 5) is 16.0. The topological polar surface area (TPSA) is 81.0 Å². The van der Waals surface area contributed by atoms with E-state index in [0.29, 0.717) is 22.9 Å². The number of ether oxygens (including phenoxy) is 1. The lowest BCUT2D eigenvalue weighted by molar-refractivity contribution is 0.155. The fourth-order valence-electron chi connectivity index (χ4n) is 5.57. The van der Waals surface area contributed by atoms with Gasteiger partial charge >= 0.3 is 0 Å². The number of benzene rings is 1. The molecule has 6 rings (SSSR count). The van der Waals surface area contributed by atoms with Crippen LogP contribution in [0.5, 0.6) is 5.75 Å². The third-order valence-corrected chi connectivity index (χ3v) is 7.41. The summed E-state index contributed by atoms with van der Waals surface area (Å²) >= 11 is 6.01. The van der Waals surface area contributed by atoms with Gasteiger partial charge < -0.3 is 15.0 Å². The van der Waals surface area contributed by atoms with Gasteiger partial charge in [-0.2, -0.15) is 4.98 Å². The molecule has 0 radical (unpaired) electrons. The van der Waals surface area contributed by atoms with E-state index in [2.05, 4.69) is 26.3 Å². The lowest BCUT2D eigenvalue weighted by atomic mass is 9.92. The van der Waals surface area contributed by atoms with E-state index in [1.165, 1.54) is 12.8 Å². The second-order valence-electron chi connectivity index (χ2n) is 9.41. The van der Waals surface area contributed by atoms with Crippen molar-refractivity contribution in [2.75, 3.05) is 23.3 Å². The molecule has 4 heterocycles. The van der Waals surface area contributed by atoms with E-state index in [4.69, 9.17) is 26.4 Å². The lowest BCUT2D eigenvalue weighted by Gasteiger charge is -2.38. The Hall–Kier alpha value is -2.87. The number of rotatable bonds is 5. The molecule has 3 aromatic rings. The van der Waals surface area contributed by atoms with Gasteiger partial charge in [0.15, 0.2) is 11.9 Å². The molecule has 1 aromatic carbocycles. The molecule has 1 saturated heterocycles. The summed E-state index contributed by atoms with van der Waals surface area (Å²) in [6, 6.07) is 9.98. The number of halogens is 1. The van der Waals surface area contributed by atoms with Crippen LogP contribution in [-0.4, -0.2) is 43.9 Å². The van der Waals surface area contributed by atoms with Crippen LogP contribution in [0.2, 0.25) is 5.02 Å². The van der Waals surface area contributed by atoms with E-state index in [-0.39, 0.29) is 6.10 Å². The van der Waals surface area contributed by atoms with Crippen molar-refractivity contribution in [1.29, 1.82) is 0 Å². The summed E-state index contributed by atoms with van der Waals surface area (Å²) < 4.78 is 8.25. The Morgan fingerprint density at radius 2 is 1.85 bits per heavy atom. The molecular formula is C24H28ClN7O. The molecule has 2 fully saturated rings. The minimum absolute atomic E-state index is 0.0949. The average molecular weight is 466 g/mol. The summed E-state index contributed by atoms with van der Waals surface area (Å²) in [5.74, 6) is 4.59. The van der Waals surface area contributed by atoms with Crippen molar-refractivity contribution in [3.05, 3.63) is 53.2 Å². The van der Waals surface area contributed by atoms with Gasteiger partial charge in [-0.05, 0) is 68.7 Å². The number of fused-ring (bicyclic) bond motifs is 3. The molecule has 2 aromatic heterocycles. The smallest absolute Gasteiger partial charge is 0.242 e. The summed E-state index contributed by atoms with van der Waals surface area (Å²) in [5.41, 5.74) is 1.01. The predicted octanol–water partition coefficient (Wildman–Crippen LogP) is 4.27. The van der Waals surface area contributed by atoms with Crippen LogP contribution in [0.15, 0.2) is 36.7 Å². The van der Waals surface area contributed by atoms with Crippen molar-refractivity contribution in [3.63, 3.8) is 0 Å². The number of nitrogens with one attached hydrogen (secondary N) is 1. The SMILES string of the molecule is Cc1cc(N2C[C@H]3CC[C@@H](C2)C3Nc2nc3n(n2)CCC[C@@H]3Oc2ccc(Cl)cc2)ncn1. The highest BCUT2D eigenvalue weighted by molar-refractivity contribution is 6.30. The summed E-state index contributed by atoms with van der Waals surface area (Å²) in [6.07, 6.45) is 5.97. The Morgan fingerprint density at radius 1 is 1.06 bits per heavy atom. The van der Waals surface area contributed by atoms with Crippen LogP contribution in [0.4, 0.5) is 11.8 Å². The van der Waals surface area contributed by atoms with Crippen LogP contribution in [0.1, 0.15) is 43.3 Å². The minimum Gasteiger partial charge on any atom is -0.482 e. The van der Waals surface area contributed by atoms with Gasteiger partial charge in [0.05, 0.1) is 0 Å². The summed E-state index contributed by atoms with van der Waals surface area (Å²) in [7, 11) is 0. The lowest BCUT2D eigenvalue weighted by Crippen LogP contribution is -2.48. The first-order chi connectivity index (χ1) is 16.1. The van der Waals surface area contributed by atoms with E-state index < -0.39 is 0 Å². The molecule has 2 bridgehead atoms. The van der Waals surface area contributed by atoms with E-state index in [0.717, 1.165) is 61.5 Å². The van der Waals surface area contributed by atoms with Gasteiger partial charge in [0.2, 0.25) is 5.95 Å². The fourth-order valence-corrected chi connectivity index (χ4v) is 5.70. The van der Waals surface area contributed by atoms with Gasteiger partial charge in [-0.1, -0.05) is 11.6 Å². The Morgan fingerprint density at radius 3 is 2.61 bits per heavy atom. The first-order valence-electron chi connectivity index (χ1n) is 11.8. The third-order valence-electron chi connectivity index (χ3n) is 7.16. The monoisotopic (exact) mass is 465 g/mol. The van der Waals surface area contributed by atoms with Gasteiger partial charge in [0.25, 0.3) is 0 Å². The standard InChI is InChI=1S/C24H28ClN7O/c1-15-11-21(27-14-26-15)31-12-16-4-5-17(13-31)22(16)28-24-29-23-20(3-2-10-32(23)30-24)33-19-8-6-18(25)7-9-19/h6-9,11,14,16-17,20,22H,2-5,10,12-13H2,1H3,(H,28,30)/t16-,17+,20-,22?/m0/s1. The van der Waals surface area contributed by atoms with Gasteiger partial charge in [0.1, 0.15) is 17.9 Å². The van der Waals surface area contributed by atoms with E-state index in [9.17, 15) is 0 Å². The number of nitrogens with zero attached hydrogens (tertiary/aromatic N) is 6. The fraction of sp³-hybridized carbons (Fsp3) is 0.500. The summed E-state index contributed by atoms with van der Waals surface area (Å²) in [5, 5.41) is 9.20. The molecule has 1 aliphatic carbocycles. The van der Waals surface area contributed by atoms with E-state index in [1.54, 1.807) is 6.33 Å². The molecule has 8 nitrogen and oxygen atoms in total. The second-order valence-corrected chi connectivity index (χ2v) is 9.85. The quantitative estimate of drug-likeness (QED) is 0.602. The number of piperidine rings is 1. The molecule has 9 heteroatoms. The summed E-state index contributed by atoms with van der Waals surface area (Å²) in [6.45, 7) is 4.90. The van der Waals surface area contributed by atoms with E-state index in [1.807, 2.05) is 35.9 Å².